The third-order valence-electron chi connectivity index (χ3n) is 7.59. The lowest BCUT2D eigenvalue weighted by Crippen LogP contribution is -2.52. The Bertz CT molecular complexity index is 996. The molecule has 3 heteroatoms. The Labute approximate surface area is 167 Å². The average molecular weight is 372 g/mol. The molecule has 3 aromatic rings. The van der Waals surface area contributed by atoms with E-state index in [-0.39, 0.29) is 5.54 Å². The largest absolute Gasteiger partial charge is 0.239 e. The first-order valence-electron chi connectivity index (χ1n) is 11.2. The zero-order chi connectivity index (χ0) is 18.7. The van der Waals surface area contributed by atoms with E-state index in [1.54, 1.807) is 0 Å². The van der Waals surface area contributed by atoms with Crippen LogP contribution in [-0.4, -0.2) is 14.8 Å². The normalized spacial score (nSPS) is 31.0. The zero-order valence-electron chi connectivity index (χ0n) is 16.8. The summed E-state index contributed by atoms with van der Waals surface area (Å²) in [5.74, 6) is 4.87. The molecular weight excluding hydrogens is 342 g/mol. The molecule has 7 rings (SSSR count). The first-order valence-corrected chi connectivity index (χ1v) is 11.2. The van der Waals surface area contributed by atoms with Crippen molar-refractivity contribution in [2.24, 2.45) is 17.8 Å². The molecule has 0 atom stereocenters. The van der Waals surface area contributed by atoms with Gasteiger partial charge in [-0.15, -0.1) is 0 Å². The van der Waals surface area contributed by atoms with E-state index in [9.17, 15) is 0 Å². The van der Waals surface area contributed by atoms with E-state index in [1.807, 2.05) is 0 Å². The molecule has 3 nitrogen and oxygen atoms in total. The Hall–Kier alpha value is -2.16. The van der Waals surface area contributed by atoms with Crippen molar-refractivity contribution in [1.29, 1.82) is 0 Å². The first kappa shape index (κ1) is 16.8. The number of nitrogens with zero attached hydrogens (tertiary/aromatic N) is 3. The highest BCUT2D eigenvalue weighted by atomic mass is 15.4. The van der Waals surface area contributed by atoms with E-state index in [0.29, 0.717) is 0 Å². The van der Waals surface area contributed by atoms with Gasteiger partial charge >= 0.3 is 0 Å². The van der Waals surface area contributed by atoms with Crippen molar-refractivity contribution in [1.82, 2.24) is 14.8 Å². The van der Waals surface area contributed by atoms with Crippen LogP contribution in [0.2, 0.25) is 0 Å². The minimum absolute atomic E-state index is 0.217. The quantitative estimate of drug-likeness (QED) is 0.565. The van der Waals surface area contributed by atoms with Crippen LogP contribution < -0.4 is 0 Å². The average Bonchev–Trinajstić information content (AvgIpc) is 3.12. The van der Waals surface area contributed by atoms with E-state index in [0.717, 1.165) is 42.2 Å². The van der Waals surface area contributed by atoms with Gasteiger partial charge in [-0.1, -0.05) is 43.3 Å². The molecule has 28 heavy (non-hydrogen) atoms. The van der Waals surface area contributed by atoms with Gasteiger partial charge in [0.05, 0.1) is 5.54 Å². The lowest BCUT2D eigenvalue weighted by molar-refractivity contribution is -0.0487. The lowest BCUT2D eigenvalue weighted by Gasteiger charge is -2.56. The minimum Gasteiger partial charge on any atom is -0.239 e. The van der Waals surface area contributed by atoms with Gasteiger partial charge in [-0.25, -0.2) is 9.67 Å². The summed E-state index contributed by atoms with van der Waals surface area (Å²) >= 11 is 0. The summed E-state index contributed by atoms with van der Waals surface area (Å²) < 4.78 is 2.41. The van der Waals surface area contributed by atoms with E-state index in [2.05, 4.69) is 54.1 Å². The monoisotopic (exact) mass is 371 g/mol. The predicted molar refractivity (Wildman–Crippen MR) is 113 cm³/mol. The highest BCUT2D eigenvalue weighted by Gasteiger charge is 2.53. The molecule has 1 aromatic heterocycles. The van der Waals surface area contributed by atoms with Gasteiger partial charge in [0, 0.05) is 12.0 Å². The van der Waals surface area contributed by atoms with Crippen LogP contribution in [0.15, 0.2) is 42.5 Å². The second kappa shape index (κ2) is 6.17. The number of fused-ring (bicyclic) bond motifs is 1. The molecule has 0 aliphatic heterocycles. The maximum Gasteiger partial charge on any atom is 0.158 e. The summed E-state index contributed by atoms with van der Waals surface area (Å²) in [6, 6.07) is 15.4. The van der Waals surface area contributed by atoms with Crippen molar-refractivity contribution in [3.05, 3.63) is 48.3 Å². The maximum atomic E-state index is 5.15. The predicted octanol–water partition coefficient (Wildman–Crippen LogP) is 5.98. The Balaban J connectivity index is 1.50. The molecule has 0 radical (unpaired) electrons. The van der Waals surface area contributed by atoms with E-state index >= 15 is 0 Å². The SMILES string of the molecule is CCCc1nc(-c2ccc3ccccc3c2)n(C23CC4CC(CC(C4)C2)C3)n1. The minimum atomic E-state index is 0.217. The van der Waals surface area contributed by atoms with Gasteiger partial charge < -0.3 is 0 Å². The molecule has 4 saturated carbocycles. The van der Waals surface area contributed by atoms with Gasteiger partial charge in [0.15, 0.2) is 11.6 Å². The van der Waals surface area contributed by atoms with Crippen LogP contribution in [0.4, 0.5) is 0 Å². The Morgan fingerprint density at radius 3 is 2.29 bits per heavy atom. The summed E-state index contributed by atoms with van der Waals surface area (Å²) in [6.07, 6.45) is 10.4. The summed E-state index contributed by atoms with van der Waals surface area (Å²) in [6.45, 7) is 2.22. The van der Waals surface area contributed by atoms with Crippen LogP contribution in [0.5, 0.6) is 0 Å². The highest BCUT2D eigenvalue weighted by Crippen LogP contribution is 2.59. The molecule has 0 spiro atoms. The van der Waals surface area contributed by atoms with Crippen LogP contribution in [0.25, 0.3) is 22.2 Å². The fraction of sp³-hybridized carbons (Fsp3) is 0.520. The third kappa shape index (κ3) is 2.55. The maximum absolute atomic E-state index is 5.15. The van der Waals surface area contributed by atoms with Gasteiger partial charge in [0.2, 0.25) is 0 Å². The summed E-state index contributed by atoms with van der Waals surface area (Å²) in [4.78, 5) is 5.09. The molecule has 1 heterocycles. The van der Waals surface area contributed by atoms with Crippen LogP contribution in [0, 0.1) is 17.8 Å². The van der Waals surface area contributed by atoms with E-state index in [4.69, 9.17) is 10.1 Å². The van der Waals surface area contributed by atoms with Crippen LogP contribution in [0.1, 0.15) is 57.7 Å². The molecule has 0 amide bonds. The number of aromatic nitrogens is 3. The molecule has 4 bridgehead atoms. The van der Waals surface area contributed by atoms with Crippen molar-refractivity contribution >= 4 is 10.8 Å². The molecule has 4 aliphatic carbocycles. The molecule has 4 fully saturated rings. The Kier molecular flexibility index (Phi) is 3.69. The first-order chi connectivity index (χ1) is 13.7. The molecule has 4 aliphatic rings. The summed E-state index contributed by atoms with van der Waals surface area (Å²) in [5.41, 5.74) is 1.44. The molecule has 144 valence electrons. The van der Waals surface area contributed by atoms with Crippen molar-refractivity contribution in [2.45, 2.75) is 63.8 Å². The highest BCUT2D eigenvalue weighted by molar-refractivity contribution is 5.86. The van der Waals surface area contributed by atoms with Gasteiger partial charge in [-0.2, -0.15) is 5.10 Å². The standard InChI is InChI=1S/C25H29N3/c1-2-5-23-26-24(22-9-8-20-6-3-4-7-21(20)13-22)28(27-23)25-14-17-10-18(15-25)12-19(11-17)16-25/h3-4,6-9,13,17-19H,2,5,10-12,14-16H2,1H3. The number of benzene rings is 2. The van der Waals surface area contributed by atoms with Crippen molar-refractivity contribution in [2.75, 3.05) is 0 Å². The molecule has 0 N–H and O–H groups in total. The second-order valence-corrected chi connectivity index (χ2v) is 9.72. The summed E-state index contributed by atoms with van der Waals surface area (Å²) in [5, 5.41) is 7.73. The molecule has 0 unspecified atom stereocenters. The van der Waals surface area contributed by atoms with Gasteiger partial charge in [0.1, 0.15) is 0 Å². The van der Waals surface area contributed by atoms with Gasteiger partial charge in [-0.3, -0.25) is 0 Å². The van der Waals surface area contributed by atoms with Crippen LogP contribution >= 0.6 is 0 Å². The number of aryl methyl sites for hydroxylation is 1. The van der Waals surface area contributed by atoms with E-state index in [1.165, 1.54) is 54.9 Å². The topological polar surface area (TPSA) is 30.7 Å². The number of hydrogen-bond donors (Lipinski definition) is 0. The second-order valence-electron chi connectivity index (χ2n) is 9.72. The molecule has 2 aromatic carbocycles. The smallest absolute Gasteiger partial charge is 0.158 e. The molecule has 0 saturated heterocycles. The fourth-order valence-corrected chi connectivity index (χ4v) is 6.85. The molecular formula is C25H29N3. The number of hydrogen-bond acceptors (Lipinski definition) is 2. The van der Waals surface area contributed by atoms with Gasteiger partial charge in [-0.05, 0) is 79.5 Å². The van der Waals surface area contributed by atoms with Crippen molar-refractivity contribution in [3.8, 4) is 11.4 Å². The van der Waals surface area contributed by atoms with Crippen molar-refractivity contribution in [3.63, 3.8) is 0 Å². The van der Waals surface area contributed by atoms with Crippen molar-refractivity contribution < 1.29 is 0 Å². The van der Waals surface area contributed by atoms with Crippen LogP contribution in [0.3, 0.4) is 0 Å². The van der Waals surface area contributed by atoms with E-state index < -0.39 is 0 Å². The lowest BCUT2D eigenvalue weighted by atomic mass is 9.53. The fourth-order valence-electron chi connectivity index (χ4n) is 6.85. The van der Waals surface area contributed by atoms with Crippen LogP contribution in [-0.2, 0) is 12.0 Å². The zero-order valence-corrected chi connectivity index (χ0v) is 16.8. The number of rotatable bonds is 4. The summed E-state index contributed by atoms with van der Waals surface area (Å²) in [7, 11) is 0. The van der Waals surface area contributed by atoms with Gasteiger partial charge in [0.25, 0.3) is 0 Å². The Morgan fingerprint density at radius 1 is 0.929 bits per heavy atom. The third-order valence-corrected chi connectivity index (χ3v) is 7.59. The Morgan fingerprint density at radius 2 is 1.61 bits per heavy atom.